The van der Waals surface area contributed by atoms with Crippen LogP contribution >= 0.6 is 11.6 Å². The lowest BCUT2D eigenvalue weighted by atomic mass is 10.1. The standard InChI is InChI=1S/C11H16ClNO2/c1-8(13)10-7-9(12)3-4-11(10)15-6-5-14-2/h3-4,7-8H,5-6,13H2,1-2H3. The van der Waals surface area contributed by atoms with E-state index in [0.717, 1.165) is 11.3 Å². The van der Waals surface area contributed by atoms with Gasteiger partial charge in [0.15, 0.2) is 0 Å². The molecule has 1 aromatic rings. The Morgan fingerprint density at radius 3 is 2.73 bits per heavy atom. The minimum Gasteiger partial charge on any atom is -0.491 e. The summed E-state index contributed by atoms with van der Waals surface area (Å²) >= 11 is 5.89. The Morgan fingerprint density at radius 2 is 2.13 bits per heavy atom. The molecule has 0 radical (unpaired) electrons. The molecule has 1 aromatic carbocycles. The van der Waals surface area contributed by atoms with E-state index in [1.54, 1.807) is 13.2 Å². The molecule has 1 atom stereocenters. The fourth-order valence-electron chi connectivity index (χ4n) is 1.24. The second-order valence-electron chi connectivity index (χ2n) is 3.31. The zero-order chi connectivity index (χ0) is 11.3. The van der Waals surface area contributed by atoms with E-state index >= 15 is 0 Å². The van der Waals surface area contributed by atoms with Gasteiger partial charge in [0, 0.05) is 23.7 Å². The average Bonchev–Trinajstić information content (AvgIpc) is 2.20. The van der Waals surface area contributed by atoms with E-state index in [-0.39, 0.29) is 6.04 Å². The van der Waals surface area contributed by atoms with E-state index in [4.69, 9.17) is 26.8 Å². The highest BCUT2D eigenvalue weighted by Gasteiger charge is 2.08. The van der Waals surface area contributed by atoms with Crippen LogP contribution in [0.1, 0.15) is 18.5 Å². The fraction of sp³-hybridized carbons (Fsp3) is 0.455. The number of hydrogen-bond donors (Lipinski definition) is 1. The van der Waals surface area contributed by atoms with Crippen molar-refractivity contribution in [2.75, 3.05) is 20.3 Å². The average molecular weight is 230 g/mol. The smallest absolute Gasteiger partial charge is 0.124 e. The number of nitrogens with two attached hydrogens (primary N) is 1. The van der Waals surface area contributed by atoms with Crippen LogP contribution in [0.25, 0.3) is 0 Å². The summed E-state index contributed by atoms with van der Waals surface area (Å²) in [6, 6.07) is 5.35. The van der Waals surface area contributed by atoms with E-state index < -0.39 is 0 Å². The van der Waals surface area contributed by atoms with Crippen molar-refractivity contribution in [2.24, 2.45) is 5.73 Å². The van der Waals surface area contributed by atoms with E-state index in [1.165, 1.54) is 0 Å². The maximum Gasteiger partial charge on any atom is 0.124 e. The van der Waals surface area contributed by atoms with Gasteiger partial charge in [0.1, 0.15) is 12.4 Å². The molecule has 0 aromatic heterocycles. The van der Waals surface area contributed by atoms with Crippen LogP contribution in [0.5, 0.6) is 5.75 Å². The van der Waals surface area contributed by atoms with Crippen LogP contribution in [-0.4, -0.2) is 20.3 Å². The van der Waals surface area contributed by atoms with Crippen LogP contribution in [0, 0.1) is 0 Å². The molecule has 0 fully saturated rings. The van der Waals surface area contributed by atoms with Gasteiger partial charge >= 0.3 is 0 Å². The van der Waals surface area contributed by atoms with Gasteiger partial charge in [0.25, 0.3) is 0 Å². The van der Waals surface area contributed by atoms with Crippen LogP contribution < -0.4 is 10.5 Å². The zero-order valence-electron chi connectivity index (χ0n) is 9.00. The summed E-state index contributed by atoms with van der Waals surface area (Å²) in [5, 5.41) is 0.668. The molecule has 0 spiro atoms. The molecule has 0 aliphatic heterocycles. The van der Waals surface area contributed by atoms with E-state index in [0.29, 0.717) is 18.2 Å². The van der Waals surface area contributed by atoms with Crippen molar-refractivity contribution in [2.45, 2.75) is 13.0 Å². The Morgan fingerprint density at radius 1 is 1.40 bits per heavy atom. The number of halogens is 1. The largest absolute Gasteiger partial charge is 0.491 e. The summed E-state index contributed by atoms with van der Waals surface area (Å²) in [6.07, 6.45) is 0. The Bertz CT molecular complexity index is 315. The SMILES string of the molecule is COCCOc1ccc(Cl)cc1C(C)N. The third-order valence-electron chi connectivity index (χ3n) is 2.01. The number of rotatable bonds is 5. The summed E-state index contributed by atoms with van der Waals surface area (Å²) in [5.41, 5.74) is 6.73. The van der Waals surface area contributed by atoms with Crippen molar-refractivity contribution < 1.29 is 9.47 Å². The molecule has 15 heavy (non-hydrogen) atoms. The van der Waals surface area contributed by atoms with Gasteiger partial charge in [0.2, 0.25) is 0 Å². The summed E-state index contributed by atoms with van der Waals surface area (Å²) in [4.78, 5) is 0. The molecular formula is C11H16ClNO2. The van der Waals surface area contributed by atoms with Crippen LogP contribution in [0.3, 0.4) is 0 Å². The second kappa shape index (κ2) is 5.95. The van der Waals surface area contributed by atoms with Crippen LogP contribution in [0.4, 0.5) is 0 Å². The maximum absolute atomic E-state index is 5.89. The maximum atomic E-state index is 5.89. The van der Waals surface area contributed by atoms with E-state index in [2.05, 4.69) is 0 Å². The van der Waals surface area contributed by atoms with Crippen molar-refractivity contribution in [3.8, 4) is 5.75 Å². The topological polar surface area (TPSA) is 44.5 Å². The predicted octanol–water partition coefficient (Wildman–Crippen LogP) is 2.38. The summed E-state index contributed by atoms with van der Waals surface area (Å²) in [7, 11) is 1.64. The molecular weight excluding hydrogens is 214 g/mol. The first kappa shape index (κ1) is 12.3. The normalized spacial score (nSPS) is 12.5. The van der Waals surface area contributed by atoms with Gasteiger partial charge < -0.3 is 15.2 Å². The lowest BCUT2D eigenvalue weighted by Gasteiger charge is -2.14. The minimum absolute atomic E-state index is 0.0961. The Balaban J connectivity index is 2.77. The van der Waals surface area contributed by atoms with Gasteiger partial charge in [-0.1, -0.05) is 11.6 Å². The molecule has 2 N–H and O–H groups in total. The Hall–Kier alpha value is -0.770. The van der Waals surface area contributed by atoms with Crippen LogP contribution in [0.2, 0.25) is 5.02 Å². The molecule has 0 heterocycles. The monoisotopic (exact) mass is 229 g/mol. The summed E-state index contributed by atoms with van der Waals surface area (Å²) in [6.45, 7) is 2.97. The highest BCUT2D eigenvalue weighted by molar-refractivity contribution is 6.30. The first-order valence-corrected chi connectivity index (χ1v) is 5.19. The van der Waals surface area contributed by atoms with Crippen molar-refractivity contribution in [3.05, 3.63) is 28.8 Å². The van der Waals surface area contributed by atoms with E-state index in [9.17, 15) is 0 Å². The summed E-state index contributed by atoms with van der Waals surface area (Å²) in [5.74, 6) is 0.770. The Kier molecular flexibility index (Phi) is 4.88. The first-order chi connectivity index (χ1) is 7.15. The molecule has 84 valence electrons. The lowest BCUT2D eigenvalue weighted by Crippen LogP contribution is -2.10. The molecule has 0 aliphatic rings. The third-order valence-corrected chi connectivity index (χ3v) is 2.24. The predicted molar refractivity (Wildman–Crippen MR) is 61.4 cm³/mol. The molecule has 0 aliphatic carbocycles. The molecule has 1 unspecified atom stereocenters. The van der Waals surface area contributed by atoms with Gasteiger partial charge in [-0.25, -0.2) is 0 Å². The van der Waals surface area contributed by atoms with Gasteiger partial charge in [-0.05, 0) is 25.1 Å². The van der Waals surface area contributed by atoms with Crippen LogP contribution in [0.15, 0.2) is 18.2 Å². The summed E-state index contributed by atoms with van der Waals surface area (Å²) < 4.78 is 10.4. The highest BCUT2D eigenvalue weighted by Crippen LogP contribution is 2.27. The van der Waals surface area contributed by atoms with Gasteiger partial charge in [-0.2, -0.15) is 0 Å². The molecule has 0 amide bonds. The van der Waals surface area contributed by atoms with Crippen molar-refractivity contribution in [1.29, 1.82) is 0 Å². The second-order valence-corrected chi connectivity index (χ2v) is 3.75. The molecule has 4 heteroatoms. The molecule has 0 saturated heterocycles. The van der Waals surface area contributed by atoms with Gasteiger partial charge in [-0.15, -0.1) is 0 Å². The van der Waals surface area contributed by atoms with E-state index in [1.807, 2.05) is 19.1 Å². The number of methoxy groups -OCH3 is 1. The lowest BCUT2D eigenvalue weighted by molar-refractivity contribution is 0.145. The fourth-order valence-corrected chi connectivity index (χ4v) is 1.42. The van der Waals surface area contributed by atoms with Gasteiger partial charge in [0.05, 0.1) is 6.61 Å². The molecule has 1 rings (SSSR count). The quantitative estimate of drug-likeness (QED) is 0.789. The molecule has 3 nitrogen and oxygen atoms in total. The first-order valence-electron chi connectivity index (χ1n) is 4.82. The van der Waals surface area contributed by atoms with Crippen molar-refractivity contribution >= 4 is 11.6 Å². The van der Waals surface area contributed by atoms with Crippen LogP contribution in [-0.2, 0) is 4.74 Å². The number of benzene rings is 1. The number of hydrogen-bond acceptors (Lipinski definition) is 3. The number of ether oxygens (including phenoxy) is 2. The zero-order valence-corrected chi connectivity index (χ0v) is 9.75. The molecule has 0 saturated carbocycles. The minimum atomic E-state index is -0.0961. The molecule has 0 bridgehead atoms. The van der Waals surface area contributed by atoms with Gasteiger partial charge in [-0.3, -0.25) is 0 Å². The van der Waals surface area contributed by atoms with Crippen molar-refractivity contribution in [3.63, 3.8) is 0 Å². The highest BCUT2D eigenvalue weighted by atomic mass is 35.5. The van der Waals surface area contributed by atoms with Crippen molar-refractivity contribution in [1.82, 2.24) is 0 Å². The Labute approximate surface area is 95.1 Å². The third kappa shape index (κ3) is 3.70.